The maximum atomic E-state index is 13.8. The van der Waals surface area contributed by atoms with Gasteiger partial charge in [-0.3, -0.25) is 0 Å². The topological polar surface area (TPSA) is 95.1 Å². The minimum Gasteiger partial charge on any atom is -0.395 e. The molecule has 0 saturated heterocycles. The highest BCUT2D eigenvalue weighted by Gasteiger charge is 2.17. The van der Waals surface area contributed by atoms with Crippen molar-refractivity contribution in [1.82, 2.24) is 9.97 Å². The fraction of sp³-hybridized carbons (Fsp3) is 0.154. The van der Waals surface area contributed by atoms with E-state index in [0.717, 1.165) is 6.07 Å². The first-order chi connectivity index (χ1) is 10.0. The molecule has 2 aromatic rings. The summed E-state index contributed by atoms with van der Waals surface area (Å²) in [5.74, 6) is 4.38. The number of aromatic nitrogens is 2. The number of halogens is 1. The van der Waals surface area contributed by atoms with E-state index >= 15 is 0 Å². The number of aliphatic hydroxyl groups excluding tert-OH is 1. The Bertz CT molecular complexity index is 777. The number of sulfonamides is 1. The van der Waals surface area contributed by atoms with Gasteiger partial charge in [0.1, 0.15) is 5.82 Å². The molecule has 0 spiro atoms. The number of rotatable bonds is 4. The van der Waals surface area contributed by atoms with Crippen molar-refractivity contribution in [2.75, 3.05) is 11.3 Å². The lowest BCUT2D eigenvalue weighted by atomic mass is 10.2. The van der Waals surface area contributed by atoms with Crippen LogP contribution in [0.15, 0.2) is 35.5 Å². The molecule has 0 radical (unpaired) electrons. The summed E-state index contributed by atoms with van der Waals surface area (Å²) in [4.78, 5) is 6.08. The van der Waals surface area contributed by atoms with Gasteiger partial charge in [-0.15, -0.1) is 0 Å². The molecule has 0 unspecified atom stereocenters. The fourth-order valence-corrected chi connectivity index (χ4v) is 2.48. The van der Waals surface area contributed by atoms with Crippen LogP contribution in [0.25, 0.3) is 0 Å². The minimum absolute atomic E-state index is 0.0437. The first-order valence-electron chi connectivity index (χ1n) is 5.94. The largest absolute Gasteiger partial charge is 0.395 e. The Balaban J connectivity index is 2.25. The Morgan fingerprint density at radius 1 is 1.43 bits per heavy atom. The Kier molecular flexibility index (Phi) is 4.57. The standard InChI is InChI=1S/C13H12FN3O3S/c14-12-9-11(5-4-10(12)3-1-2-8-18)21(19,20)17-13-15-6-7-16-13/h4-7,9,18H,2,8H2,(H2,15,16,17). The summed E-state index contributed by atoms with van der Waals surface area (Å²) in [5, 5.41) is 8.59. The minimum atomic E-state index is -3.92. The molecule has 0 aliphatic carbocycles. The van der Waals surface area contributed by atoms with Crippen LogP contribution in [0.3, 0.4) is 0 Å². The van der Waals surface area contributed by atoms with Crippen molar-refractivity contribution in [3.8, 4) is 11.8 Å². The monoisotopic (exact) mass is 309 g/mol. The summed E-state index contributed by atoms with van der Waals surface area (Å²) in [5.41, 5.74) is 0.0698. The predicted molar refractivity (Wildman–Crippen MR) is 74.4 cm³/mol. The number of nitrogens with one attached hydrogen (secondary N) is 2. The van der Waals surface area contributed by atoms with E-state index in [4.69, 9.17) is 5.11 Å². The van der Waals surface area contributed by atoms with Gasteiger partial charge in [-0.2, -0.15) is 0 Å². The van der Waals surface area contributed by atoms with E-state index in [1.54, 1.807) is 0 Å². The number of H-pyrrole nitrogens is 1. The lowest BCUT2D eigenvalue weighted by Crippen LogP contribution is -2.14. The van der Waals surface area contributed by atoms with Crippen molar-refractivity contribution in [2.24, 2.45) is 0 Å². The van der Waals surface area contributed by atoms with Gasteiger partial charge in [0.25, 0.3) is 10.0 Å². The number of anilines is 1. The first kappa shape index (κ1) is 15.0. The summed E-state index contributed by atoms with van der Waals surface area (Å²) in [6.07, 6.45) is 3.07. The molecule has 1 heterocycles. The Hall–Kier alpha value is -2.37. The van der Waals surface area contributed by atoms with Crippen molar-refractivity contribution in [3.63, 3.8) is 0 Å². The smallest absolute Gasteiger partial charge is 0.264 e. The quantitative estimate of drug-likeness (QED) is 0.737. The molecule has 0 amide bonds. The lowest BCUT2D eigenvalue weighted by Gasteiger charge is -2.06. The molecule has 1 aromatic carbocycles. The number of nitrogens with zero attached hydrogens (tertiary/aromatic N) is 1. The second-order valence-corrected chi connectivity index (χ2v) is 5.64. The third kappa shape index (κ3) is 3.81. The second-order valence-electron chi connectivity index (χ2n) is 3.96. The van der Waals surface area contributed by atoms with Crippen LogP contribution in [0, 0.1) is 17.7 Å². The highest BCUT2D eigenvalue weighted by atomic mass is 32.2. The van der Waals surface area contributed by atoms with E-state index in [-0.39, 0.29) is 29.4 Å². The van der Waals surface area contributed by atoms with E-state index in [2.05, 4.69) is 26.5 Å². The Labute approximate surface area is 121 Å². The number of aliphatic hydroxyl groups is 1. The van der Waals surface area contributed by atoms with Crippen LogP contribution < -0.4 is 4.72 Å². The van der Waals surface area contributed by atoms with Gasteiger partial charge in [0.2, 0.25) is 5.95 Å². The molecule has 0 aliphatic rings. The average Bonchev–Trinajstić information content (AvgIpc) is 2.93. The SMILES string of the molecule is O=S(=O)(Nc1ncc[nH]1)c1ccc(C#CCCO)c(F)c1. The Morgan fingerprint density at radius 3 is 2.86 bits per heavy atom. The number of hydrogen-bond donors (Lipinski definition) is 3. The number of imidazole rings is 1. The van der Waals surface area contributed by atoms with Gasteiger partial charge >= 0.3 is 0 Å². The van der Waals surface area contributed by atoms with Crippen molar-refractivity contribution in [2.45, 2.75) is 11.3 Å². The molecule has 0 bridgehead atoms. The highest BCUT2D eigenvalue weighted by molar-refractivity contribution is 7.92. The van der Waals surface area contributed by atoms with Gasteiger partial charge in [-0.05, 0) is 18.2 Å². The second kappa shape index (κ2) is 6.39. The van der Waals surface area contributed by atoms with Crippen LogP contribution in [-0.4, -0.2) is 30.1 Å². The van der Waals surface area contributed by atoms with E-state index < -0.39 is 15.8 Å². The van der Waals surface area contributed by atoms with Crippen molar-refractivity contribution in [3.05, 3.63) is 42.0 Å². The Morgan fingerprint density at radius 2 is 2.24 bits per heavy atom. The molecule has 2 rings (SSSR count). The molecule has 0 fully saturated rings. The number of hydrogen-bond acceptors (Lipinski definition) is 4. The normalized spacial score (nSPS) is 10.8. The molecule has 1 aromatic heterocycles. The molecule has 0 saturated carbocycles. The van der Waals surface area contributed by atoms with Crippen LogP contribution in [0.5, 0.6) is 0 Å². The van der Waals surface area contributed by atoms with Crippen LogP contribution in [-0.2, 0) is 10.0 Å². The van der Waals surface area contributed by atoms with Gasteiger partial charge in [0.05, 0.1) is 17.1 Å². The van der Waals surface area contributed by atoms with Gasteiger partial charge in [0.15, 0.2) is 0 Å². The van der Waals surface area contributed by atoms with Gasteiger partial charge < -0.3 is 10.1 Å². The van der Waals surface area contributed by atoms with Crippen LogP contribution in [0.4, 0.5) is 10.3 Å². The number of benzene rings is 1. The van der Waals surface area contributed by atoms with Crippen LogP contribution in [0.2, 0.25) is 0 Å². The van der Waals surface area contributed by atoms with Crippen LogP contribution >= 0.6 is 0 Å². The van der Waals surface area contributed by atoms with E-state index in [9.17, 15) is 12.8 Å². The molecule has 110 valence electrons. The third-order valence-electron chi connectivity index (χ3n) is 2.44. The van der Waals surface area contributed by atoms with Crippen LogP contribution in [0.1, 0.15) is 12.0 Å². The summed E-state index contributed by atoms with van der Waals surface area (Å²) >= 11 is 0. The van der Waals surface area contributed by atoms with Crippen molar-refractivity contribution < 1.29 is 17.9 Å². The van der Waals surface area contributed by atoms with Crippen molar-refractivity contribution in [1.29, 1.82) is 0 Å². The zero-order valence-electron chi connectivity index (χ0n) is 10.8. The molecule has 6 nitrogen and oxygen atoms in total. The molecule has 0 aliphatic heterocycles. The molecule has 3 N–H and O–H groups in total. The number of aromatic amines is 1. The van der Waals surface area contributed by atoms with E-state index in [1.165, 1.54) is 24.5 Å². The van der Waals surface area contributed by atoms with Gasteiger partial charge in [-0.25, -0.2) is 22.5 Å². The highest BCUT2D eigenvalue weighted by Crippen LogP contribution is 2.16. The molecule has 8 heteroatoms. The third-order valence-corrected chi connectivity index (χ3v) is 3.78. The molecule has 0 atom stereocenters. The molecular formula is C13H12FN3O3S. The van der Waals surface area contributed by atoms with E-state index in [1.807, 2.05) is 0 Å². The van der Waals surface area contributed by atoms with Gasteiger partial charge in [0, 0.05) is 18.8 Å². The van der Waals surface area contributed by atoms with Gasteiger partial charge in [-0.1, -0.05) is 11.8 Å². The lowest BCUT2D eigenvalue weighted by molar-refractivity contribution is 0.305. The average molecular weight is 309 g/mol. The summed E-state index contributed by atoms with van der Waals surface area (Å²) in [6, 6.07) is 3.40. The fourth-order valence-electron chi connectivity index (χ4n) is 1.49. The molecule has 21 heavy (non-hydrogen) atoms. The maximum Gasteiger partial charge on any atom is 0.264 e. The molecular weight excluding hydrogens is 297 g/mol. The van der Waals surface area contributed by atoms with Crippen molar-refractivity contribution >= 4 is 16.0 Å². The predicted octanol–water partition coefficient (Wildman–Crippen LogP) is 1.08. The zero-order chi connectivity index (χ0) is 15.3. The summed E-state index contributed by atoms with van der Waals surface area (Å²) in [6.45, 7) is -0.117. The van der Waals surface area contributed by atoms with E-state index in [0.29, 0.717) is 0 Å². The maximum absolute atomic E-state index is 13.8. The summed E-state index contributed by atoms with van der Waals surface area (Å²) in [7, 11) is -3.92. The zero-order valence-corrected chi connectivity index (χ0v) is 11.6. The first-order valence-corrected chi connectivity index (χ1v) is 7.43. The summed E-state index contributed by atoms with van der Waals surface area (Å²) < 4.78 is 40.0.